The summed E-state index contributed by atoms with van der Waals surface area (Å²) in [5, 5.41) is 3.78. The van der Waals surface area contributed by atoms with Crippen LogP contribution in [0, 0.1) is 0 Å². The van der Waals surface area contributed by atoms with Crippen molar-refractivity contribution >= 4 is 61.8 Å². The maximum Gasteiger partial charge on any atom is 0.291 e. The van der Waals surface area contributed by atoms with Gasteiger partial charge in [0.2, 0.25) is 5.89 Å². The highest BCUT2D eigenvalue weighted by molar-refractivity contribution is 9.10. The fraction of sp³-hybridized carbons (Fsp3) is 0.0400. The van der Waals surface area contributed by atoms with E-state index in [1.165, 1.54) is 0 Å². The van der Waals surface area contributed by atoms with Crippen LogP contribution in [0.1, 0.15) is 10.6 Å². The highest BCUT2D eigenvalue weighted by Gasteiger charge is 2.15. The van der Waals surface area contributed by atoms with Gasteiger partial charge in [0, 0.05) is 26.9 Å². The number of amides is 1. The van der Waals surface area contributed by atoms with E-state index in [2.05, 4.69) is 26.2 Å². The highest BCUT2D eigenvalue weighted by Crippen LogP contribution is 2.33. The van der Waals surface area contributed by atoms with Crippen LogP contribution in [0.3, 0.4) is 0 Å². The van der Waals surface area contributed by atoms with Gasteiger partial charge < -0.3 is 18.9 Å². The number of ether oxygens (including phenoxy) is 1. The molecule has 0 atom stereocenters. The second-order valence-corrected chi connectivity index (χ2v) is 9.05. The molecule has 0 unspecified atom stereocenters. The summed E-state index contributed by atoms with van der Waals surface area (Å²) in [5.74, 6) is 1.40. The molecule has 9 heteroatoms. The van der Waals surface area contributed by atoms with Crippen LogP contribution in [0.15, 0.2) is 80.0 Å². The van der Waals surface area contributed by atoms with E-state index in [9.17, 15) is 4.79 Å². The van der Waals surface area contributed by atoms with E-state index in [0.29, 0.717) is 49.8 Å². The standard InChI is InChI=1S/C25H15BrCl2N2O4/c1-32-21-4-2-13(10-18(21)26)25-30-19-12-17(3-5-22(19)34-25)29-24(31)23-7-6-20(33-23)14-8-15(27)11-16(28)9-14/h2-12H,1H3,(H,29,31). The summed E-state index contributed by atoms with van der Waals surface area (Å²) in [6.45, 7) is 0. The van der Waals surface area contributed by atoms with Crippen LogP contribution in [-0.2, 0) is 0 Å². The Morgan fingerprint density at radius 3 is 2.47 bits per heavy atom. The molecule has 0 aliphatic heterocycles. The first kappa shape index (κ1) is 22.5. The number of oxazole rings is 1. The molecule has 0 aliphatic carbocycles. The van der Waals surface area contributed by atoms with Gasteiger partial charge in [0.25, 0.3) is 5.91 Å². The monoisotopic (exact) mass is 556 g/mol. The molecule has 1 N–H and O–H groups in total. The second-order valence-electron chi connectivity index (χ2n) is 7.33. The summed E-state index contributed by atoms with van der Waals surface area (Å²) >= 11 is 15.6. The third kappa shape index (κ3) is 4.55. The van der Waals surface area contributed by atoms with Gasteiger partial charge in [-0.3, -0.25) is 4.79 Å². The Kier molecular flexibility index (Phi) is 6.08. The number of rotatable bonds is 5. The number of nitrogens with zero attached hydrogens (tertiary/aromatic N) is 1. The van der Waals surface area contributed by atoms with E-state index in [1.54, 1.807) is 55.6 Å². The average Bonchev–Trinajstić information content (AvgIpc) is 3.46. The molecule has 0 bridgehead atoms. The van der Waals surface area contributed by atoms with Gasteiger partial charge >= 0.3 is 0 Å². The van der Waals surface area contributed by atoms with Crippen molar-refractivity contribution in [2.45, 2.75) is 0 Å². The van der Waals surface area contributed by atoms with Gasteiger partial charge in [0.05, 0.1) is 11.6 Å². The predicted octanol–water partition coefficient (Wildman–Crippen LogP) is 8.09. The number of carbonyl (C=O) groups excluding carboxylic acids is 1. The minimum absolute atomic E-state index is 0.148. The average molecular weight is 558 g/mol. The first-order valence-electron chi connectivity index (χ1n) is 10.0. The Morgan fingerprint density at radius 1 is 0.941 bits per heavy atom. The van der Waals surface area contributed by atoms with Crippen LogP contribution in [0.4, 0.5) is 5.69 Å². The van der Waals surface area contributed by atoms with Crippen molar-refractivity contribution in [3.05, 3.63) is 87.0 Å². The van der Waals surface area contributed by atoms with Crippen molar-refractivity contribution in [1.29, 1.82) is 0 Å². The number of methoxy groups -OCH3 is 1. The number of anilines is 1. The zero-order valence-electron chi connectivity index (χ0n) is 17.6. The fourth-order valence-corrected chi connectivity index (χ4v) is 4.50. The minimum Gasteiger partial charge on any atom is -0.496 e. The van der Waals surface area contributed by atoms with Gasteiger partial charge in [-0.2, -0.15) is 0 Å². The lowest BCUT2D eigenvalue weighted by Crippen LogP contribution is -2.10. The summed E-state index contributed by atoms with van der Waals surface area (Å²) in [4.78, 5) is 17.3. The van der Waals surface area contributed by atoms with Crippen molar-refractivity contribution in [3.63, 3.8) is 0 Å². The molecule has 1 amide bonds. The number of fused-ring (bicyclic) bond motifs is 1. The molecule has 0 aliphatic rings. The SMILES string of the molecule is COc1ccc(-c2nc3cc(NC(=O)c4ccc(-c5cc(Cl)cc(Cl)c5)o4)ccc3o2)cc1Br. The lowest BCUT2D eigenvalue weighted by Gasteiger charge is -2.03. The van der Waals surface area contributed by atoms with Gasteiger partial charge in [0.1, 0.15) is 17.0 Å². The Bertz CT molecular complexity index is 1520. The summed E-state index contributed by atoms with van der Waals surface area (Å²) in [5.41, 5.74) is 3.22. The molecule has 2 aromatic heterocycles. The second kappa shape index (κ2) is 9.18. The van der Waals surface area contributed by atoms with Crippen molar-refractivity contribution in [2.75, 3.05) is 12.4 Å². The Morgan fingerprint density at radius 2 is 1.74 bits per heavy atom. The lowest BCUT2D eigenvalue weighted by atomic mass is 10.2. The van der Waals surface area contributed by atoms with Crippen molar-refractivity contribution in [3.8, 4) is 28.5 Å². The summed E-state index contributed by atoms with van der Waals surface area (Å²) in [6.07, 6.45) is 0. The number of furan rings is 1. The van der Waals surface area contributed by atoms with Gasteiger partial charge in [-0.25, -0.2) is 4.98 Å². The topological polar surface area (TPSA) is 77.5 Å². The fourth-order valence-electron chi connectivity index (χ4n) is 3.43. The van der Waals surface area contributed by atoms with Gasteiger partial charge in [0.15, 0.2) is 11.3 Å². The number of nitrogens with one attached hydrogen (secondary N) is 1. The van der Waals surface area contributed by atoms with E-state index >= 15 is 0 Å². The molecule has 0 saturated carbocycles. The van der Waals surface area contributed by atoms with Gasteiger partial charge in [-0.05, 0) is 82.7 Å². The molecular weight excluding hydrogens is 543 g/mol. The smallest absolute Gasteiger partial charge is 0.291 e. The molecule has 0 radical (unpaired) electrons. The minimum atomic E-state index is -0.401. The molecule has 6 nitrogen and oxygen atoms in total. The van der Waals surface area contributed by atoms with Crippen molar-refractivity contribution in [2.24, 2.45) is 0 Å². The molecule has 170 valence electrons. The molecule has 5 aromatic rings. The van der Waals surface area contributed by atoms with Crippen LogP contribution in [-0.4, -0.2) is 18.0 Å². The van der Waals surface area contributed by atoms with Crippen LogP contribution in [0.25, 0.3) is 33.9 Å². The number of carbonyl (C=O) groups is 1. The molecule has 3 aromatic carbocycles. The Balaban J connectivity index is 1.36. The molecule has 2 heterocycles. The summed E-state index contributed by atoms with van der Waals surface area (Å²) < 4.78 is 17.6. The normalized spacial score (nSPS) is 11.1. The van der Waals surface area contributed by atoms with E-state index in [4.69, 9.17) is 36.8 Å². The summed E-state index contributed by atoms with van der Waals surface area (Å²) in [6, 6.07) is 19.1. The molecule has 0 saturated heterocycles. The number of aromatic nitrogens is 1. The predicted molar refractivity (Wildman–Crippen MR) is 136 cm³/mol. The van der Waals surface area contributed by atoms with Crippen LogP contribution in [0.5, 0.6) is 5.75 Å². The quantitative estimate of drug-likeness (QED) is 0.236. The Hall–Kier alpha value is -3.26. The van der Waals surface area contributed by atoms with E-state index in [1.807, 2.05) is 18.2 Å². The lowest BCUT2D eigenvalue weighted by molar-refractivity contribution is 0.0997. The molecular formula is C25H15BrCl2N2O4. The molecule has 0 spiro atoms. The Labute approximate surface area is 212 Å². The van der Waals surface area contributed by atoms with E-state index in [-0.39, 0.29) is 5.76 Å². The van der Waals surface area contributed by atoms with Crippen molar-refractivity contribution < 1.29 is 18.4 Å². The maximum atomic E-state index is 12.7. The van der Waals surface area contributed by atoms with E-state index < -0.39 is 5.91 Å². The molecule has 5 rings (SSSR count). The zero-order valence-corrected chi connectivity index (χ0v) is 20.7. The summed E-state index contributed by atoms with van der Waals surface area (Å²) in [7, 11) is 1.60. The maximum absolute atomic E-state index is 12.7. The largest absolute Gasteiger partial charge is 0.496 e. The third-order valence-corrected chi connectivity index (χ3v) is 6.08. The third-order valence-electron chi connectivity index (χ3n) is 5.02. The number of halogens is 3. The molecule has 34 heavy (non-hydrogen) atoms. The zero-order chi connectivity index (χ0) is 23.8. The molecule has 0 fully saturated rings. The van der Waals surface area contributed by atoms with Gasteiger partial charge in [-0.15, -0.1) is 0 Å². The van der Waals surface area contributed by atoms with Gasteiger partial charge in [-0.1, -0.05) is 23.2 Å². The van der Waals surface area contributed by atoms with Crippen LogP contribution in [0.2, 0.25) is 10.0 Å². The van der Waals surface area contributed by atoms with Crippen molar-refractivity contribution in [1.82, 2.24) is 4.98 Å². The van der Waals surface area contributed by atoms with E-state index in [0.717, 1.165) is 10.0 Å². The van der Waals surface area contributed by atoms with Crippen LogP contribution >= 0.6 is 39.1 Å². The number of hydrogen-bond acceptors (Lipinski definition) is 5. The first-order valence-corrected chi connectivity index (χ1v) is 11.6. The number of benzene rings is 3. The highest BCUT2D eigenvalue weighted by atomic mass is 79.9. The van der Waals surface area contributed by atoms with Crippen LogP contribution < -0.4 is 10.1 Å². The number of hydrogen-bond donors (Lipinski definition) is 1. The first-order chi connectivity index (χ1) is 16.4.